The van der Waals surface area contributed by atoms with E-state index in [0.29, 0.717) is 27.5 Å². The van der Waals surface area contributed by atoms with E-state index in [2.05, 4.69) is 5.32 Å². The van der Waals surface area contributed by atoms with Crippen LogP contribution in [0, 0.1) is 0 Å². The van der Waals surface area contributed by atoms with Gasteiger partial charge < -0.3 is 5.32 Å². The average molecular weight is 423 g/mol. The molecule has 4 rings (SSSR count). The molecule has 1 N–H and O–H groups in total. The molecular weight excluding hydrogens is 408 g/mol. The number of benzene rings is 3. The van der Waals surface area contributed by atoms with Crippen molar-refractivity contribution in [3.8, 4) is 0 Å². The molecule has 0 aliphatic carbocycles. The van der Waals surface area contributed by atoms with Gasteiger partial charge in [0.05, 0.1) is 27.6 Å². The second-order valence-electron chi connectivity index (χ2n) is 6.31. The van der Waals surface area contributed by atoms with Crippen molar-refractivity contribution in [2.24, 2.45) is 0 Å². The van der Waals surface area contributed by atoms with Crippen molar-refractivity contribution >= 4 is 52.5 Å². The summed E-state index contributed by atoms with van der Waals surface area (Å²) in [6, 6.07) is 20.7. The Morgan fingerprint density at radius 3 is 2.24 bits per heavy atom. The molecule has 0 saturated carbocycles. The molecule has 3 amide bonds. The van der Waals surface area contributed by atoms with Gasteiger partial charge in [-0.05, 0) is 42.5 Å². The number of fused-ring (bicyclic) bond motifs is 1. The van der Waals surface area contributed by atoms with Crippen molar-refractivity contribution in [3.63, 3.8) is 0 Å². The van der Waals surface area contributed by atoms with Crippen molar-refractivity contribution in [3.05, 3.63) is 88.9 Å². The maximum atomic E-state index is 12.6. The number of rotatable bonds is 5. The van der Waals surface area contributed by atoms with E-state index >= 15 is 0 Å². The first-order chi connectivity index (χ1) is 14.0. The Bertz CT molecular complexity index is 1100. The zero-order valence-corrected chi connectivity index (χ0v) is 16.7. The third-order valence-corrected chi connectivity index (χ3v) is 5.89. The van der Waals surface area contributed by atoms with E-state index in [0.717, 1.165) is 9.80 Å². The van der Waals surface area contributed by atoms with Gasteiger partial charge in [0, 0.05) is 10.6 Å². The first-order valence-corrected chi connectivity index (χ1v) is 10.2. The lowest BCUT2D eigenvalue weighted by Crippen LogP contribution is -2.29. The van der Waals surface area contributed by atoms with Crippen LogP contribution in [0.25, 0.3) is 0 Å². The van der Waals surface area contributed by atoms with Crippen LogP contribution in [0.2, 0.25) is 5.02 Å². The third kappa shape index (κ3) is 3.90. The van der Waals surface area contributed by atoms with Gasteiger partial charge in [0.1, 0.15) is 0 Å². The molecule has 3 aromatic rings. The number of amides is 3. The van der Waals surface area contributed by atoms with Crippen LogP contribution in [0.1, 0.15) is 20.7 Å². The zero-order valence-electron chi connectivity index (χ0n) is 15.1. The Labute approximate surface area is 176 Å². The van der Waals surface area contributed by atoms with Crippen LogP contribution in [-0.2, 0) is 4.79 Å². The predicted molar refractivity (Wildman–Crippen MR) is 115 cm³/mol. The number of thioether (sulfide) groups is 1. The van der Waals surface area contributed by atoms with Gasteiger partial charge in [0.25, 0.3) is 11.8 Å². The molecule has 0 saturated heterocycles. The van der Waals surface area contributed by atoms with Crippen LogP contribution >= 0.6 is 23.4 Å². The summed E-state index contributed by atoms with van der Waals surface area (Å²) in [6.07, 6.45) is 0. The van der Waals surface area contributed by atoms with Crippen LogP contribution in [-0.4, -0.2) is 23.5 Å². The molecule has 0 aromatic heterocycles. The summed E-state index contributed by atoms with van der Waals surface area (Å²) in [4.78, 5) is 39.5. The monoisotopic (exact) mass is 422 g/mol. The molecular formula is C22H15ClN2O3S. The van der Waals surface area contributed by atoms with Gasteiger partial charge in [-0.3, -0.25) is 14.4 Å². The van der Waals surface area contributed by atoms with Crippen LogP contribution in [0.4, 0.5) is 11.4 Å². The van der Waals surface area contributed by atoms with E-state index in [1.165, 1.54) is 11.8 Å². The van der Waals surface area contributed by atoms with Crippen LogP contribution in [0.5, 0.6) is 0 Å². The molecule has 0 unspecified atom stereocenters. The third-order valence-electron chi connectivity index (χ3n) is 4.38. The Kier molecular flexibility index (Phi) is 5.38. The minimum atomic E-state index is -0.372. The quantitative estimate of drug-likeness (QED) is 0.470. The second-order valence-corrected chi connectivity index (χ2v) is 7.73. The summed E-state index contributed by atoms with van der Waals surface area (Å²) in [5.41, 5.74) is 1.67. The minimum absolute atomic E-state index is 0.182. The number of carbonyl (C=O) groups is 3. The van der Waals surface area contributed by atoms with Gasteiger partial charge in [-0.2, -0.15) is 0 Å². The molecule has 0 radical (unpaired) electrons. The number of imide groups is 1. The predicted octanol–water partition coefficient (Wildman–Crippen LogP) is 4.87. The number of hydrogen-bond donors (Lipinski definition) is 1. The lowest BCUT2D eigenvalue weighted by molar-refractivity contribution is -0.113. The van der Waals surface area contributed by atoms with Crippen molar-refractivity contribution in [2.45, 2.75) is 4.90 Å². The smallest absolute Gasteiger partial charge is 0.266 e. The Hall–Kier alpha value is -3.09. The SMILES string of the molecule is O=C(CSc1ccccc1Cl)Nc1cccc(N2C(=O)c3ccccc3C2=O)c1. The Morgan fingerprint density at radius 1 is 0.897 bits per heavy atom. The molecule has 5 nitrogen and oxygen atoms in total. The molecule has 0 atom stereocenters. The molecule has 1 aliphatic heterocycles. The van der Waals surface area contributed by atoms with E-state index in [4.69, 9.17) is 11.6 Å². The molecule has 0 bridgehead atoms. The minimum Gasteiger partial charge on any atom is -0.325 e. The maximum Gasteiger partial charge on any atom is 0.266 e. The average Bonchev–Trinajstić information content (AvgIpc) is 2.98. The van der Waals surface area contributed by atoms with Crippen LogP contribution < -0.4 is 10.2 Å². The number of hydrogen-bond acceptors (Lipinski definition) is 4. The first-order valence-electron chi connectivity index (χ1n) is 8.79. The van der Waals surface area contributed by atoms with Crippen LogP contribution in [0.15, 0.2) is 77.7 Å². The molecule has 3 aromatic carbocycles. The summed E-state index contributed by atoms with van der Waals surface area (Å²) in [7, 11) is 0. The van der Waals surface area contributed by atoms with E-state index in [1.807, 2.05) is 18.2 Å². The van der Waals surface area contributed by atoms with Gasteiger partial charge in [-0.25, -0.2) is 4.90 Å². The van der Waals surface area contributed by atoms with Crippen LogP contribution in [0.3, 0.4) is 0 Å². The molecule has 1 aliphatic rings. The maximum absolute atomic E-state index is 12.6. The van der Waals surface area contributed by atoms with Gasteiger partial charge in [0.15, 0.2) is 0 Å². The topological polar surface area (TPSA) is 66.5 Å². The fourth-order valence-electron chi connectivity index (χ4n) is 3.05. The number of nitrogens with one attached hydrogen (secondary N) is 1. The van der Waals surface area contributed by atoms with E-state index in [1.54, 1.807) is 54.6 Å². The Balaban J connectivity index is 1.47. The lowest BCUT2D eigenvalue weighted by atomic mass is 10.1. The summed E-state index contributed by atoms with van der Waals surface area (Å²) in [5.74, 6) is -0.776. The largest absolute Gasteiger partial charge is 0.325 e. The fourth-order valence-corrected chi connectivity index (χ4v) is 4.09. The number of anilines is 2. The van der Waals surface area contributed by atoms with Crippen molar-refractivity contribution in [1.29, 1.82) is 0 Å². The highest BCUT2D eigenvalue weighted by Gasteiger charge is 2.36. The Morgan fingerprint density at radius 2 is 1.55 bits per heavy atom. The van der Waals surface area contributed by atoms with E-state index in [-0.39, 0.29) is 23.5 Å². The number of carbonyl (C=O) groups excluding carboxylic acids is 3. The second kappa shape index (κ2) is 8.11. The standard InChI is InChI=1S/C22H15ClN2O3S/c23-18-10-3-4-11-19(18)29-13-20(26)24-14-6-5-7-15(12-14)25-21(27)16-8-1-2-9-17(16)22(25)28/h1-12H,13H2,(H,24,26). The van der Waals surface area contributed by atoms with Gasteiger partial charge in [-0.1, -0.05) is 41.9 Å². The fraction of sp³-hybridized carbons (Fsp3) is 0.0455. The lowest BCUT2D eigenvalue weighted by Gasteiger charge is -2.15. The summed E-state index contributed by atoms with van der Waals surface area (Å²) >= 11 is 7.44. The van der Waals surface area contributed by atoms with Gasteiger partial charge in [-0.15, -0.1) is 11.8 Å². The van der Waals surface area contributed by atoms with E-state index in [9.17, 15) is 14.4 Å². The molecule has 1 heterocycles. The summed E-state index contributed by atoms with van der Waals surface area (Å²) in [6.45, 7) is 0. The highest BCUT2D eigenvalue weighted by atomic mass is 35.5. The van der Waals surface area contributed by atoms with Crippen molar-refractivity contribution < 1.29 is 14.4 Å². The highest BCUT2D eigenvalue weighted by Crippen LogP contribution is 2.30. The molecule has 0 spiro atoms. The van der Waals surface area contributed by atoms with E-state index < -0.39 is 0 Å². The normalized spacial score (nSPS) is 12.8. The molecule has 7 heteroatoms. The highest BCUT2D eigenvalue weighted by molar-refractivity contribution is 8.00. The van der Waals surface area contributed by atoms with Crippen molar-refractivity contribution in [2.75, 3.05) is 16.0 Å². The molecule has 29 heavy (non-hydrogen) atoms. The number of halogens is 1. The molecule has 144 valence electrons. The van der Waals surface area contributed by atoms with Gasteiger partial charge >= 0.3 is 0 Å². The summed E-state index contributed by atoms with van der Waals surface area (Å²) < 4.78 is 0. The number of nitrogens with zero attached hydrogens (tertiary/aromatic N) is 1. The summed E-state index contributed by atoms with van der Waals surface area (Å²) in [5, 5.41) is 3.39. The first kappa shape index (κ1) is 19.2. The van der Waals surface area contributed by atoms with Gasteiger partial charge in [0.2, 0.25) is 5.91 Å². The molecule has 0 fully saturated rings. The van der Waals surface area contributed by atoms with Crippen molar-refractivity contribution in [1.82, 2.24) is 0 Å². The zero-order chi connectivity index (χ0) is 20.4.